The summed E-state index contributed by atoms with van der Waals surface area (Å²) in [4.78, 5) is 92.8. The zero-order chi connectivity index (χ0) is 41.5. The number of aromatic amines is 1. The monoisotopic (exact) mass is 812 g/mol. The van der Waals surface area contributed by atoms with Crippen molar-refractivity contribution in [3.05, 3.63) is 88.7 Å². The maximum Gasteiger partial charge on any atom is 0.262 e. The van der Waals surface area contributed by atoms with Crippen LogP contribution in [0.5, 0.6) is 0 Å². The predicted molar refractivity (Wildman–Crippen MR) is 225 cm³/mol. The average Bonchev–Trinajstić information content (AvgIpc) is 3.94. The fraction of sp³-hybridized carbons (Fsp3) is 0.457. The van der Waals surface area contributed by atoms with Gasteiger partial charge in [-0.15, -0.1) is 0 Å². The number of hydrogen-bond donors (Lipinski definition) is 3. The summed E-state index contributed by atoms with van der Waals surface area (Å²) in [5.41, 5.74) is 5.72. The van der Waals surface area contributed by atoms with Crippen LogP contribution in [-0.2, 0) is 20.9 Å². The Morgan fingerprint density at radius 3 is 2.32 bits per heavy atom. The Morgan fingerprint density at radius 1 is 0.817 bits per heavy atom. The number of nitrogens with zero attached hydrogens (tertiary/aromatic N) is 5. The fourth-order valence-electron chi connectivity index (χ4n) is 9.82. The molecule has 6 heterocycles. The number of fused-ring (bicyclic) bond motifs is 2. The van der Waals surface area contributed by atoms with Gasteiger partial charge in [-0.1, -0.05) is 12.1 Å². The number of H-pyrrole nitrogens is 1. The molecule has 5 aliphatic heterocycles. The molecule has 9 rings (SSSR count). The molecule has 0 aliphatic carbocycles. The van der Waals surface area contributed by atoms with Crippen LogP contribution < -0.4 is 15.5 Å². The van der Waals surface area contributed by atoms with E-state index in [1.54, 1.807) is 12.1 Å². The highest BCUT2D eigenvalue weighted by Gasteiger charge is 2.45. The van der Waals surface area contributed by atoms with Crippen LogP contribution in [0.2, 0.25) is 0 Å². The number of aromatic nitrogens is 2. The van der Waals surface area contributed by atoms with Crippen LogP contribution in [0.3, 0.4) is 0 Å². The number of amides is 6. The van der Waals surface area contributed by atoms with Gasteiger partial charge in [0.15, 0.2) is 0 Å². The first-order valence-electron chi connectivity index (χ1n) is 21.6. The molecule has 4 fully saturated rings. The van der Waals surface area contributed by atoms with Gasteiger partial charge < -0.3 is 20.1 Å². The van der Waals surface area contributed by atoms with Crippen LogP contribution >= 0.6 is 0 Å². The highest BCUT2D eigenvalue weighted by molar-refractivity contribution is 6.23. The molecule has 3 N–H and O–H groups in total. The molecule has 6 amide bonds. The van der Waals surface area contributed by atoms with E-state index in [2.05, 4.69) is 32.3 Å². The lowest BCUT2D eigenvalue weighted by Crippen LogP contribution is -2.54. The molecule has 0 spiro atoms. The summed E-state index contributed by atoms with van der Waals surface area (Å²) in [6, 6.07) is 18.5. The third kappa shape index (κ3) is 8.04. The summed E-state index contributed by atoms with van der Waals surface area (Å²) in [6.07, 6.45) is 7.64. The molecule has 4 aromatic rings. The highest BCUT2D eigenvalue weighted by Crippen LogP contribution is 2.34. The molecule has 3 aromatic carbocycles. The summed E-state index contributed by atoms with van der Waals surface area (Å²) in [5.74, 6) is -0.271. The molecule has 4 saturated heterocycles. The second kappa shape index (κ2) is 16.6. The lowest BCUT2D eigenvalue weighted by molar-refractivity contribution is -0.136. The van der Waals surface area contributed by atoms with Crippen LogP contribution in [0, 0.1) is 5.92 Å². The van der Waals surface area contributed by atoms with Crippen molar-refractivity contribution in [1.29, 1.82) is 0 Å². The number of benzene rings is 3. The van der Waals surface area contributed by atoms with Crippen LogP contribution in [0.1, 0.15) is 120 Å². The van der Waals surface area contributed by atoms with E-state index in [-0.39, 0.29) is 35.8 Å². The van der Waals surface area contributed by atoms with E-state index in [4.69, 9.17) is 4.98 Å². The molecule has 5 aliphatic rings. The maximum atomic E-state index is 13.3. The molecule has 14 heteroatoms. The van der Waals surface area contributed by atoms with Gasteiger partial charge in [0.1, 0.15) is 11.9 Å². The van der Waals surface area contributed by atoms with E-state index in [0.29, 0.717) is 35.5 Å². The zero-order valence-corrected chi connectivity index (χ0v) is 34.1. The van der Waals surface area contributed by atoms with Crippen LogP contribution in [-0.4, -0.2) is 105 Å². The van der Waals surface area contributed by atoms with Crippen molar-refractivity contribution in [3.63, 3.8) is 0 Å². The Labute approximate surface area is 349 Å². The second-order valence-corrected chi connectivity index (χ2v) is 17.3. The minimum absolute atomic E-state index is 0.0830. The van der Waals surface area contributed by atoms with Crippen molar-refractivity contribution in [2.75, 3.05) is 42.9 Å². The Morgan fingerprint density at radius 2 is 1.58 bits per heavy atom. The van der Waals surface area contributed by atoms with E-state index >= 15 is 0 Å². The van der Waals surface area contributed by atoms with Gasteiger partial charge in [-0.2, -0.15) is 0 Å². The Bertz CT molecular complexity index is 2340. The lowest BCUT2D eigenvalue weighted by Gasteiger charge is -2.35. The van der Waals surface area contributed by atoms with Gasteiger partial charge in [-0.25, -0.2) is 4.98 Å². The molecule has 2 atom stereocenters. The molecule has 14 nitrogen and oxygen atoms in total. The summed E-state index contributed by atoms with van der Waals surface area (Å²) >= 11 is 0. The first-order valence-corrected chi connectivity index (χ1v) is 21.6. The normalized spacial score (nSPS) is 21.9. The average molecular weight is 813 g/mol. The minimum atomic E-state index is -0.985. The van der Waals surface area contributed by atoms with Crippen molar-refractivity contribution in [3.8, 4) is 0 Å². The van der Waals surface area contributed by atoms with Crippen LogP contribution in [0.15, 0.2) is 60.7 Å². The zero-order valence-electron chi connectivity index (χ0n) is 34.1. The van der Waals surface area contributed by atoms with Crippen LogP contribution in [0.25, 0.3) is 11.0 Å². The summed E-state index contributed by atoms with van der Waals surface area (Å²) < 4.78 is 0. The van der Waals surface area contributed by atoms with Gasteiger partial charge in [-0.05, 0) is 131 Å². The molecule has 312 valence electrons. The molecule has 1 aromatic heterocycles. The Hall–Kier alpha value is -5.89. The molecule has 0 radical (unpaired) electrons. The highest BCUT2D eigenvalue weighted by atomic mass is 16.2. The Kier molecular flexibility index (Phi) is 11.0. The summed E-state index contributed by atoms with van der Waals surface area (Å²) in [6.45, 7) is 7.16. The molecule has 1 unspecified atom stereocenters. The number of likely N-dealkylation sites (tertiary alicyclic amines) is 2. The summed E-state index contributed by atoms with van der Waals surface area (Å²) in [7, 11) is 0. The number of hydrogen-bond acceptors (Lipinski definition) is 9. The summed E-state index contributed by atoms with van der Waals surface area (Å²) in [5, 5.41) is 5.27. The molecule has 0 saturated carbocycles. The number of anilines is 2. The topological polar surface area (TPSA) is 168 Å². The smallest absolute Gasteiger partial charge is 0.262 e. The van der Waals surface area contributed by atoms with Gasteiger partial charge in [0.05, 0.1) is 28.7 Å². The molecule has 0 bridgehead atoms. The predicted octanol–water partition coefficient (Wildman–Crippen LogP) is 5.60. The lowest BCUT2D eigenvalue weighted by atomic mass is 9.88. The van der Waals surface area contributed by atoms with Crippen molar-refractivity contribution < 1.29 is 28.8 Å². The van der Waals surface area contributed by atoms with E-state index in [9.17, 15) is 28.8 Å². The number of carbonyl (C=O) groups is 6. The second-order valence-electron chi connectivity index (χ2n) is 17.3. The van der Waals surface area contributed by atoms with Gasteiger partial charge in [-0.3, -0.25) is 43.9 Å². The number of carbonyl (C=O) groups excluding carboxylic acids is 6. The fourth-order valence-corrected chi connectivity index (χ4v) is 9.82. The van der Waals surface area contributed by atoms with Crippen molar-refractivity contribution in [2.24, 2.45) is 5.92 Å². The molecule has 60 heavy (non-hydrogen) atoms. The Balaban J connectivity index is 0.706. The number of imide groups is 2. The van der Waals surface area contributed by atoms with Crippen molar-refractivity contribution in [1.82, 2.24) is 30.0 Å². The quantitative estimate of drug-likeness (QED) is 0.173. The van der Waals surface area contributed by atoms with E-state index in [1.165, 1.54) is 18.4 Å². The van der Waals surface area contributed by atoms with Crippen molar-refractivity contribution in [2.45, 2.75) is 95.7 Å². The third-order valence-corrected chi connectivity index (χ3v) is 13.5. The van der Waals surface area contributed by atoms with E-state index in [1.807, 2.05) is 53.4 Å². The standard InChI is InChI=1S/C46H52N8O6/c1-28-3-2-20-53(28)27-40-48-37-12-9-33(25-38(37)49-40)47-43(57)32-7-5-30(6-8-32)31-18-23-52(24-19-31)42(56)15-4-29-16-21-51(22-17-29)34-10-11-35-36(26-34)46(60)54(45(35)59)39-13-14-41(55)50-44(39)58/h5-12,25-26,28-29,31,39H,2-4,13-24,27H2,1H3,(H,47,57)(H,48,49)(H,50,55,58)/t28-,39?/m0/s1. The van der Waals surface area contributed by atoms with Gasteiger partial charge in [0.25, 0.3) is 17.7 Å². The van der Waals surface area contributed by atoms with Gasteiger partial charge in [0, 0.05) is 62.0 Å². The third-order valence-electron chi connectivity index (χ3n) is 13.5. The number of rotatable bonds is 10. The number of imidazole rings is 1. The first kappa shape index (κ1) is 39.6. The van der Waals surface area contributed by atoms with Crippen LogP contribution in [0.4, 0.5) is 11.4 Å². The van der Waals surface area contributed by atoms with Crippen molar-refractivity contribution >= 4 is 57.9 Å². The van der Waals surface area contributed by atoms with E-state index < -0.39 is 29.7 Å². The largest absolute Gasteiger partial charge is 0.371 e. The number of piperidine rings is 3. The molecular formula is C46H52N8O6. The number of nitrogens with one attached hydrogen (secondary N) is 3. The first-order chi connectivity index (χ1) is 29.1. The maximum absolute atomic E-state index is 13.3. The van der Waals surface area contributed by atoms with Gasteiger partial charge in [0.2, 0.25) is 17.7 Å². The SMILES string of the molecule is C[C@H]1CCCN1Cc1nc2cc(NC(=O)c3ccc(C4CCN(C(=O)CCC5CCN(c6ccc7c(c6)C(=O)N(C6CCC(=O)NC6=O)C7=O)CC5)CC4)cc3)ccc2[nH]1. The minimum Gasteiger partial charge on any atom is -0.371 e. The van der Waals surface area contributed by atoms with E-state index in [0.717, 1.165) is 98.8 Å². The molecular weight excluding hydrogens is 761 g/mol. The van der Waals surface area contributed by atoms with Gasteiger partial charge >= 0.3 is 0 Å².